The minimum absolute atomic E-state index is 0.156. The van der Waals surface area contributed by atoms with Crippen LogP contribution in [0, 0.1) is 0 Å². The monoisotopic (exact) mass is 471 g/mol. The number of nitrogens with zero attached hydrogens (tertiary/aromatic N) is 4. The van der Waals surface area contributed by atoms with Crippen LogP contribution in [0.4, 0.5) is 5.82 Å². The molecule has 1 aliphatic heterocycles. The van der Waals surface area contributed by atoms with Crippen LogP contribution in [0.15, 0.2) is 41.1 Å². The fraction of sp³-hybridized carbons (Fsp3) is 0.333. The minimum atomic E-state index is -0.196. The Morgan fingerprint density at radius 1 is 1.13 bits per heavy atom. The predicted molar refractivity (Wildman–Crippen MR) is 115 cm³/mol. The molecule has 0 spiro atoms. The van der Waals surface area contributed by atoms with Gasteiger partial charge < -0.3 is 14.8 Å². The number of hydrogen-bond acceptors (Lipinski definition) is 6. The van der Waals surface area contributed by atoms with Gasteiger partial charge in [-0.1, -0.05) is 36.7 Å². The predicted octanol–water partition coefficient (Wildman–Crippen LogP) is 3.67. The molecule has 1 aromatic carbocycles. The quantitative estimate of drug-likeness (QED) is 0.623. The van der Waals surface area contributed by atoms with Crippen LogP contribution in [0.25, 0.3) is 5.95 Å². The van der Waals surface area contributed by atoms with Crippen molar-refractivity contribution in [3.63, 3.8) is 0 Å². The lowest BCUT2D eigenvalue weighted by molar-refractivity contribution is -0.115. The number of rotatable bonds is 4. The lowest BCUT2D eigenvalue weighted by Gasteiger charge is -2.19. The largest absolute Gasteiger partial charge is 0.486 e. The van der Waals surface area contributed by atoms with E-state index in [-0.39, 0.29) is 17.7 Å². The molecule has 0 bridgehead atoms. The molecule has 1 amide bonds. The molecule has 0 saturated heterocycles. The van der Waals surface area contributed by atoms with Gasteiger partial charge >= 0.3 is 0 Å². The summed E-state index contributed by atoms with van der Waals surface area (Å²) < 4.78 is 13.5. The van der Waals surface area contributed by atoms with Crippen molar-refractivity contribution in [1.82, 2.24) is 19.7 Å². The highest BCUT2D eigenvalue weighted by molar-refractivity contribution is 9.10. The summed E-state index contributed by atoms with van der Waals surface area (Å²) in [6.45, 7) is 7.18. The molecule has 1 aliphatic rings. The van der Waals surface area contributed by atoms with E-state index in [0.29, 0.717) is 36.5 Å². The van der Waals surface area contributed by atoms with Crippen LogP contribution < -0.4 is 14.8 Å². The number of aromatic nitrogens is 4. The second-order valence-electron chi connectivity index (χ2n) is 7.94. The lowest BCUT2D eigenvalue weighted by Crippen LogP contribution is -2.19. The van der Waals surface area contributed by atoms with E-state index in [1.165, 1.54) is 0 Å². The van der Waals surface area contributed by atoms with Gasteiger partial charge in [0.2, 0.25) is 5.91 Å². The first kappa shape index (κ1) is 20.3. The summed E-state index contributed by atoms with van der Waals surface area (Å²) in [5, 5.41) is 7.56. The molecule has 2 aromatic heterocycles. The van der Waals surface area contributed by atoms with Crippen molar-refractivity contribution in [2.45, 2.75) is 32.6 Å². The summed E-state index contributed by atoms with van der Waals surface area (Å²) in [6.07, 6.45) is 3.43. The Balaban J connectivity index is 1.60. The number of ether oxygens (including phenoxy) is 2. The van der Waals surface area contributed by atoms with Crippen molar-refractivity contribution in [3.05, 3.63) is 52.4 Å². The molecule has 0 fully saturated rings. The molecule has 0 saturated carbocycles. The summed E-state index contributed by atoms with van der Waals surface area (Å²) in [7, 11) is 0. The molecule has 8 nitrogen and oxygen atoms in total. The maximum atomic E-state index is 12.9. The smallest absolute Gasteiger partial charge is 0.252 e. The highest BCUT2D eigenvalue weighted by atomic mass is 79.9. The van der Waals surface area contributed by atoms with Crippen molar-refractivity contribution in [2.75, 3.05) is 18.5 Å². The third-order valence-corrected chi connectivity index (χ3v) is 5.29. The molecule has 0 radical (unpaired) electrons. The topological polar surface area (TPSA) is 91.2 Å². The van der Waals surface area contributed by atoms with Crippen molar-refractivity contribution in [1.29, 1.82) is 0 Å². The van der Waals surface area contributed by atoms with Crippen LogP contribution in [0.5, 0.6) is 11.5 Å². The second kappa shape index (κ2) is 8.06. The third-order valence-electron chi connectivity index (χ3n) is 4.55. The fourth-order valence-corrected chi connectivity index (χ4v) is 3.45. The zero-order chi connectivity index (χ0) is 21.3. The molecule has 3 heterocycles. The van der Waals surface area contributed by atoms with E-state index in [2.05, 4.69) is 57.1 Å². The number of nitrogens with one attached hydrogen (secondary N) is 1. The Morgan fingerprint density at radius 3 is 2.47 bits per heavy atom. The van der Waals surface area contributed by atoms with E-state index < -0.39 is 0 Å². The molecule has 1 N–H and O–H groups in total. The Morgan fingerprint density at radius 2 is 1.80 bits per heavy atom. The van der Waals surface area contributed by atoms with Gasteiger partial charge in [-0.05, 0) is 23.8 Å². The molecule has 156 valence electrons. The van der Waals surface area contributed by atoms with Crippen molar-refractivity contribution in [3.8, 4) is 17.4 Å². The number of anilines is 1. The molecule has 0 unspecified atom stereocenters. The maximum Gasteiger partial charge on any atom is 0.252 e. The molecule has 9 heteroatoms. The molecule has 4 rings (SSSR count). The van der Waals surface area contributed by atoms with E-state index in [1.807, 2.05) is 18.2 Å². The number of fused-ring (bicyclic) bond motifs is 1. The molecular weight excluding hydrogens is 450 g/mol. The average molecular weight is 472 g/mol. The standard InChI is InChI=1S/C21H22BrN5O3/c1-21(2,3)17-12-18(27(26-17)20-23-5-4-6-24-20)25-19(28)10-13-9-15-16(11-14(13)22)30-8-7-29-15/h4-6,9,11-12H,7-8,10H2,1-3H3,(H,25,28). The van der Waals surface area contributed by atoms with Crippen molar-refractivity contribution < 1.29 is 14.3 Å². The van der Waals surface area contributed by atoms with E-state index in [0.717, 1.165) is 15.7 Å². The van der Waals surface area contributed by atoms with Gasteiger partial charge in [-0.3, -0.25) is 4.79 Å². The van der Waals surface area contributed by atoms with Crippen molar-refractivity contribution >= 4 is 27.7 Å². The van der Waals surface area contributed by atoms with Gasteiger partial charge in [-0.15, -0.1) is 0 Å². The number of carbonyl (C=O) groups is 1. The van der Waals surface area contributed by atoms with E-state index >= 15 is 0 Å². The summed E-state index contributed by atoms with van der Waals surface area (Å²) >= 11 is 3.52. The van der Waals surface area contributed by atoms with Gasteiger partial charge in [0, 0.05) is 28.3 Å². The Labute approximate surface area is 182 Å². The van der Waals surface area contributed by atoms with Gasteiger partial charge in [0.05, 0.1) is 12.1 Å². The summed E-state index contributed by atoms with van der Waals surface area (Å²) in [5.41, 5.74) is 1.43. The van der Waals surface area contributed by atoms with Crippen LogP contribution in [-0.2, 0) is 16.6 Å². The van der Waals surface area contributed by atoms with E-state index in [1.54, 1.807) is 23.1 Å². The zero-order valence-corrected chi connectivity index (χ0v) is 18.6. The molecular formula is C21H22BrN5O3. The number of halogens is 1. The second-order valence-corrected chi connectivity index (χ2v) is 8.79. The summed E-state index contributed by atoms with van der Waals surface area (Å²) in [5.74, 6) is 2.04. The maximum absolute atomic E-state index is 12.9. The Bertz CT molecular complexity index is 1080. The average Bonchev–Trinajstić information content (AvgIpc) is 3.13. The van der Waals surface area contributed by atoms with Crippen LogP contribution >= 0.6 is 15.9 Å². The molecule has 30 heavy (non-hydrogen) atoms. The highest BCUT2D eigenvalue weighted by Crippen LogP contribution is 2.36. The van der Waals surface area contributed by atoms with Crippen molar-refractivity contribution in [2.24, 2.45) is 0 Å². The minimum Gasteiger partial charge on any atom is -0.486 e. The zero-order valence-electron chi connectivity index (χ0n) is 17.0. The summed E-state index contributed by atoms with van der Waals surface area (Å²) in [4.78, 5) is 21.4. The first-order valence-corrected chi connectivity index (χ1v) is 10.4. The summed E-state index contributed by atoms with van der Waals surface area (Å²) in [6, 6.07) is 7.25. The van der Waals surface area contributed by atoms with Gasteiger partial charge in [-0.2, -0.15) is 9.78 Å². The van der Waals surface area contributed by atoms with Gasteiger partial charge in [0.25, 0.3) is 5.95 Å². The van der Waals surface area contributed by atoms with Crippen LogP contribution in [0.3, 0.4) is 0 Å². The highest BCUT2D eigenvalue weighted by Gasteiger charge is 2.23. The molecule has 0 aliphatic carbocycles. The van der Waals surface area contributed by atoms with Crippen LogP contribution in [0.1, 0.15) is 32.0 Å². The van der Waals surface area contributed by atoms with E-state index in [4.69, 9.17) is 9.47 Å². The Kier molecular flexibility index (Phi) is 5.46. The number of hydrogen-bond donors (Lipinski definition) is 1. The third kappa shape index (κ3) is 4.30. The molecule has 0 atom stereocenters. The molecule has 3 aromatic rings. The van der Waals surface area contributed by atoms with E-state index in [9.17, 15) is 4.79 Å². The first-order valence-electron chi connectivity index (χ1n) is 9.57. The fourth-order valence-electron chi connectivity index (χ4n) is 2.99. The first-order chi connectivity index (χ1) is 14.3. The number of benzene rings is 1. The Hall–Kier alpha value is -2.94. The normalized spacial score (nSPS) is 13.2. The van der Waals surface area contributed by atoms with Gasteiger partial charge in [-0.25, -0.2) is 9.97 Å². The number of carbonyl (C=O) groups excluding carboxylic acids is 1. The van der Waals surface area contributed by atoms with Gasteiger partial charge in [0.15, 0.2) is 11.5 Å². The van der Waals surface area contributed by atoms with Gasteiger partial charge in [0.1, 0.15) is 19.0 Å². The van der Waals surface area contributed by atoms with Crippen LogP contribution in [0.2, 0.25) is 0 Å². The van der Waals surface area contributed by atoms with Crippen LogP contribution in [-0.4, -0.2) is 38.9 Å². The number of amides is 1. The SMILES string of the molecule is CC(C)(C)c1cc(NC(=O)Cc2cc3c(cc2Br)OCCO3)n(-c2ncccn2)n1. The lowest BCUT2D eigenvalue weighted by atomic mass is 9.92.